The predicted octanol–water partition coefficient (Wildman–Crippen LogP) is 7.67. The van der Waals surface area contributed by atoms with Crippen molar-refractivity contribution in [2.24, 2.45) is 11.8 Å². The summed E-state index contributed by atoms with van der Waals surface area (Å²) in [6, 6.07) is 17.8. The molecule has 38 heavy (non-hydrogen) atoms. The van der Waals surface area contributed by atoms with Crippen molar-refractivity contribution < 1.29 is 9.90 Å². The van der Waals surface area contributed by atoms with Crippen molar-refractivity contribution in [3.05, 3.63) is 70.0 Å². The average molecular weight is 534 g/mol. The number of carboxylic acid groups (broad SMARTS) is 1. The van der Waals surface area contributed by atoms with Crippen LogP contribution in [0.5, 0.6) is 0 Å². The highest BCUT2D eigenvalue weighted by atomic mass is 32.1. The number of benzene rings is 2. The summed E-state index contributed by atoms with van der Waals surface area (Å²) in [5, 5.41) is 12.3. The summed E-state index contributed by atoms with van der Waals surface area (Å²) in [6.07, 6.45) is 6.34. The van der Waals surface area contributed by atoms with Gasteiger partial charge in [-0.25, -0.2) is 4.98 Å². The summed E-state index contributed by atoms with van der Waals surface area (Å²) < 4.78 is 0. The van der Waals surface area contributed by atoms with Gasteiger partial charge in [-0.2, -0.15) is 0 Å². The third-order valence-corrected chi connectivity index (χ3v) is 8.62. The first-order chi connectivity index (χ1) is 18.3. The second-order valence-electron chi connectivity index (χ2n) is 11.5. The third kappa shape index (κ3) is 8.15. The fourth-order valence-electron chi connectivity index (χ4n) is 5.29. The lowest BCUT2D eigenvalue weighted by Crippen LogP contribution is -2.30. The van der Waals surface area contributed by atoms with Gasteiger partial charge in [0.1, 0.15) is 5.01 Å². The topological polar surface area (TPSA) is 56.7 Å². The van der Waals surface area contributed by atoms with Crippen molar-refractivity contribution in [2.75, 3.05) is 25.0 Å². The number of anilines is 1. The molecular weight excluding hydrogens is 490 g/mol. The molecule has 4 rings (SSSR count). The second-order valence-corrected chi connectivity index (χ2v) is 12.5. The molecule has 0 amide bonds. The number of thiazole rings is 1. The molecule has 0 saturated heterocycles. The zero-order valence-corrected chi connectivity index (χ0v) is 24.2. The molecule has 1 aliphatic rings. The van der Waals surface area contributed by atoms with Gasteiger partial charge in [-0.1, -0.05) is 70.0 Å². The number of hydrogen-bond donors (Lipinski definition) is 1. The Hall–Kier alpha value is -2.70. The van der Waals surface area contributed by atoms with Crippen LogP contribution in [-0.4, -0.2) is 41.1 Å². The number of nitrogens with zero attached hydrogens (tertiary/aromatic N) is 3. The molecule has 1 fully saturated rings. The van der Waals surface area contributed by atoms with Gasteiger partial charge in [0.2, 0.25) is 0 Å². The molecule has 6 heteroatoms. The van der Waals surface area contributed by atoms with Gasteiger partial charge in [0.25, 0.3) is 0 Å². The Morgan fingerprint density at radius 1 is 1.03 bits per heavy atom. The van der Waals surface area contributed by atoms with Crippen molar-refractivity contribution in [2.45, 2.75) is 71.9 Å². The van der Waals surface area contributed by atoms with Crippen LogP contribution in [0.15, 0.2) is 53.9 Å². The Labute approximate surface area is 232 Å². The molecule has 0 atom stereocenters. The maximum atomic E-state index is 11.3. The molecule has 0 aliphatic heterocycles. The molecule has 204 valence electrons. The molecule has 5 nitrogen and oxygen atoms in total. The Morgan fingerprint density at radius 2 is 1.71 bits per heavy atom. The third-order valence-electron chi connectivity index (χ3n) is 7.78. The van der Waals surface area contributed by atoms with Crippen LogP contribution in [0.3, 0.4) is 0 Å². The lowest BCUT2D eigenvalue weighted by molar-refractivity contribution is -0.138. The van der Waals surface area contributed by atoms with E-state index in [1.54, 1.807) is 11.3 Å². The van der Waals surface area contributed by atoms with Crippen molar-refractivity contribution >= 4 is 23.0 Å². The summed E-state index contributed by atoms with van der Waals surface area (Å²) in [4.78, 5) is 20.4. The standard InChI is InChI=1S/C32H43N3O2S/c1-23(2)17-18-35(21-32(36)37)20-31-33-30(22-38-31)28-13-15-29(16-14-28)34(4)19-25-7-11-27(12-8-25)26-9-5-24(3)6-10-26/h7-8,11-16,22-24,26H,5-6,9-10,17-21H2,1-4H3,(H,36,37). The van der Waals surface area contributed by atoms with E-state index in [2.05, 4.69) is 86.6 Å². The van der Waals surface area contributed by atoms with Gasteiger partial charge in [0.15, 0.2) is 0 Å². The maximum absolute atomic E-state index is 11.3. The lowest BCUT2D eigenvalue weighted by atomic mass is 9.79. The normalized spacial score (nSPS) is 17.7. The summed E-state index contributed by atoms with van der Waals surface area (Å²) >= 11 is 1.60. The number of carbonyl (C=O) groups is 1. The highest BCUT2D eigenvalue weighted by Crippen LogP contribution is 2.35. The molecule has 1 aliphatic carbocycles. The van der Waals surface area contributed by atoms with E-state index in [4.69, 9.17) is 4.98 Å². The van der Waals surface area contributed by atoms with Crippen LogP contribution in [0.2, 0.25) is 0 Å². The number of carboxylic acids is 1. The average Bonchev–Trinajstić information content (AvgIpc) is 3.36. The van der Waals surface area contributed by atoms with Crippen LogP contribution in [0, 0.1) is 11.8 Å². The largest absolute Gasteiger partial charge is 0.480 e. The van der Waals surface area contributed by atoms with Gasteiger partial charge in [-0.3, -0.25) is 9.69 Å². The predicted molar refractivity (Wildman–Crippen MR) is 159 cm³/mol. The van der Waals surface area contributed by atoms with Gasteiger partial charge in [-0.15, -0.1) is 11.3 Å². The number of aliphatic carboxylic acids is 1. The van der Waals surface area contributed by atoms with Crippen LogP contribution in [0.1, 0.15) is 74.9 Å². The van der Waals surface area contributed by atoms with Crippen molar-refractivity contribution in [1.82, 2.24) is 9.88 Å². The lowest BCUT2D eigenvalue weighted by Gasteiger charge is -2.26. The molecule has 0 radical (unpaired) electrons. The van der Waals surface area contributed by atoms with E-state index in [0.717, 1.165) is 47.6 Å². The fourth-order valence-corrected chi connectivity index (χ4v) is 6.14. The van der Waals surface area contributed by atoms with Gasteiger partial charge >= 0.3 is 5.97 Å². The van der Waals surface area contributed by atoms with Crippen LogP contribution in [0.25, 0.3) is 11.3 Å². The van der Waals surface area contributed by atoms with Gasteiger partial charge in [0, 0.05) is 30.2 Å². The molecular formula is C32H43N3O2S. The van der Waals surface area contributed by atoms with E-state index < -0.39 is 5.97 Å². The van der Waals surface area contributed by atoms with Gasteiger partial charge in [-0.05, 0) is 66.8 Å². The van der Waals surface area contributed by atoms with Crippen LogP contribution in [0.4, 0.5) is 5.69 Å². The fraction of sp³-hybridized carbons (Fsp3) is 0.500. The van der Waals surface area contributed by atoms with Crippen molar-refractivity contribution in [3.63, 3.8) is 0 Å². The Balaban J connectivity index is 1.33. The molecule has 0 bridgehead atoms. The van der Waals surface area contributed by atoms with E-state index in [0.29, 0.717) is 12.5 Å². The second kappa shape index (κ2) is 13.4. The minimum absolute atomic E-state index is 0.0469. The van der Waals surface area contributed by atoms with Gasteiger partial charge in [0.05, 0.1) is 18.8 Å². The molecule has 0 unspecified atom stereocenters. The zero-order chi connectivity index (χ0) is 27.1. The minimum atomic E-state index is -0.792. The molecule has 2 aromatic carbocycles. The Bertz CT molecular complexity index is 1150. The molecule has 0 spiro atoms. The number of hydrogen-bond acceptors (Lipinski definition) is 5. The summed E-state index contributed by atoms with van der Waals surface area (Å²) in [7, 11) is 2.14. The maximum Gasteiger partial charge on any atom is 0.317 e. The monoisotopic (exact) mass is 533 g/mol. The summed E-state index contributed by atoms with van der Waals surface area (Å²) in [5.74, 6) is 1.37. The molecule has 3 aromatic rings. The quantitative estimate of drug-likeness (QED) is 0.259. The first-order valence-electron chi connectivity index (χ1n) is 14.1. The first-order valence-corrected chi connectivity index (χ1v) is 14.9. The smallest absolute Gasteiger partial charge is 0.317 e. The van der Waals surface area contributed by atoms with Crippen LogP contribution in [-0.2, 0) is 17.9 Å². The van der Waals surface area contributed by atoms with Gasteiger partial charge < -0.3 is 10.0 Å². The Morgan fingerprint density at radius 3 is 2.34 bits per heavy atom. The number of rotatable bonds is 12. The van der Waals surface area contributed by atoms with E-state index in [1.807, 2.05) is 4.90 Å². The highest BCUT2D eigenvalue weighted by molar-refractivity contribution is 7.09. The molecule has 1 heterocycles. The summed E-state index contributed by atoms with van der Waals surface area (Å²) in [5.41, 5.74) is 6.04. The van der Waals surface area contributed by atoms with E-state index >= 15 is 0 Å². The Kier molecular flexibility index (Phi) is 9.97. The minimum Gasteiger partial charge on any atom is -0.480 e. The van der Waals surface area contributed by atoms with Crippen molar-refractivity contribution in [3.8, 4) is 11.3 Å². The van der Waals surface area contributed by atoms with E-state index in [1.165, 1.54) is 42.5 Å². The molecule has 1 aromatic heterocycles. The molecule has 1 saturated carbocycles. The van der Waals surface area contributed by atoms with Crippen molar-refractivity contribution in [1.29, 1.82) is 0 Å². The van der Waals surface area contributed by atoms with Crippen LogP contribution < -0.4 is 4.90 Å². The number of aromatic nitrogens is 1. The molecule has 1 N–H and O–H groups in total. The van der Waals surface area contributed by atoms with E-state index in [9.17, 15) is 9.90 Å². The van der Waals surface area contributed by atoms with Crippen LogP contribution >= 0.6 is 11.3 Å². The first kappa shape index (κ1) is 28.3. The zero-order valence-electron chi connectivity index (χ0n) is 23.4. The van der Waals surface area contributed by atoms with E-state index in [-0.39, 0.29) is 6.54 Å². The summed E-state index contributed by atoms with van der Waals surface area (Å²) in [6.45, 7) is 8.96. The highest BCUT2D eigenvalue weighted by Gasteiger charge is 2.19. The SMILES string of the molecule is CC(C)CCN(CC(=O)O)Cc1nc(-c2ccc(N(C)Cc3ccc(C4CCC(C)CC4)cc3)cc2)cs1.